The van der Waals surface area contributed by atoms with Crippen LogP contribution < -0.4 is 5.43 Å². The fourth-order valence-corrected chi connectivity index (χ4v) is 2.57. The molecular formula is C14H9BF3NO3. The summed E-state index contributed by atoms with van der Waals surface area (Å²) < 4.78 is 46.1. The summed E-state index contributed by atoms with van der Waals surface area (Å²) >= 11 is 0. The SMILES string of the molecule is [B]OC(=O)c1cn(C2C[C@@H]2F)c2c(C)c(F)c(F)cc2c1=O. The lowest BCUT2D eigenvalue weighted by Gasteiger charge is -2.15. The van der Waals surface area contributed by atoms with Gasteiger partial charge >= 0.3 is 14.0 Å². The summed E-state index contributed by atoms with van der Waals surface area (Å²) in [6, 6.07) is 0.0513. The lowest BCUT2D eigenvalue weighted by Crippen LogP contribution is -2.21. The second-order valence-electron chi connectivity index (χ2n) is 5.20. The van der Waals surface area contributed by atoms with E-state index in [1.165, 1.54) is 11.5 Å². The molecule has 4 nitrogen and oxygen atoms in total. The highest BCUT2D eigenvalue weighted by Gasteiger charge is 2.40. The van der Waals surface area contributed by atoms with Gasteiger partial charge in [-0.3, -0.25) is 4.79 Å². The first-order valence-electron chi connectivity index (χ1n) is 6.45. The zero-order valence-corrected chi connectivity index (χ0v) is 11.4. The number of fused-ring (bicyclic) bond motifs is 1. The Kier molecular flexibility index (Phi) is 3.27. The van der Waals surface area contributed by atoms with Crippen LogP contribution in [0.3, 0.4) is 0 Å². The summed E-state index contributed by atoms with van der Waals surface area (Å²) in [6.45, 7) is 1.28. The molecule has 0 N–H and O–H groups in total. The summed E-state index contributed by atoms with van der Waals surface area (Å²) in [5.41, 5.74) is -1.37. The number of halogens is 3. The topological polar surface area (TPSA) is 48.3 Å². The van der Waals surface area contributed by atoms with E-state index in [0.29, 0.717) is 6.07 Å². The highest BCUT2D eigenvalue weighted by Crippen LogP contribution is 2.41. The molecule has 2 radical (unpaired) electrons. The summed E-state index contributed by atoms with van der Waals surface area (Å²) in [6.07, 6.45) is 0.0575. The number of pyridine rings is 1. The standard InChI is InChI=1S/C14H9BF3NO3/c1-5-11(18)9(17)2-6-12(5)19(10-3-8(10)16)4-7(13(6)20)14(21)22-15/h2,4,8,10H,3H2,1H3/t8-,10?/m0/s1. The first-order valence-corrected chi connectivity index (χ1v) is 6.45. The van der Waals surface area contributed by atoms with Gasteiger partial charge < -0.3 is 9.22 Å². The van der Waals surface area contributed by atoms with E-state index in [0.717, 1.165) is 6.20 Å². The van der Waals surface area contributed by atoms with Gasteiger partial charge in [-0.15, -0.1) is 0 Å². The zero-order valence-electron chi connectivity index (χ0n) is 11.4. The Morgan fingerprint density at radius 3 is 2.64 bits per heavy atom. The average Bonchev–Trinajstić information content (AvgIpc) is 3.22. The summed E-state index contributed by atoms with van der Waals surface area (Å²) in [4.78, 5) is 23.8. The Labute approximate surface area is 123 Å². The van der Waals surface area contributed by atoms with Crippen molar-refractivity contribution in [3.05, 3.63) is 45.2 Å². The Balaban J connectivity index is 2.45. The van der Waals surface area contributed by atoms with Crippen molar-refractivity contribution < 1.29 is 22.6 Å². The molecule has 0 saturated heterocycles. The van der Waals surface area contributed by atoms with Crippen LogP contribution in [0.15, 0.2) is 17.1 Å². The molecule has 3 rings (SSSR count). The molecule has 8 heteroatoms. The van der Waals surface area contributed by atoms with E-state index < -0.39 is 40.8 Å². The van der Waals surface area contributed by atoms with E-state index in [1.807, 2.05) is 0 Å². The fraction of sp³-hybridized carbons (Fsp3) is 0.286. The van der Waals surface area contributed by atoms with Gasteiger partial charge in [0.05, 0.1) is 11.6 Å². The number of hydrogen-bond donors (Lipinski definition) is 0. The van der Waals surface area contributed by atoms with Gasteiger partial charge in [0.15, 0.2) is 11.6 Å². The number of carbonyl (C=O) groups is 1. The summed E-state index contributed by atoms with van der Waals surface area (Å²) in [5, 5.41) is -0.224. The van der Waals surface area contributed by atoms with Gasteiger partial charge in [0.2, 0.25) is 5.43 Å². The zero-order chi connectivity index (χ0) is 16.2. The summed E-state index contributed by atoms with van der Waals surface area (Å²) in [5.74, 6) is -3.47. The quantitative estimate of drug-likeness (QED) is 0.799. The van der Waals surface area contributed by atoms with Gasteiger partial charge in [0.1, 0.15) is 11.7 Å². The van der Waals surface area contributed by atoms with E-state index in [4.69, 9.17) is 8.05 Å². The van der Waals surface area contributed by atoms with Gasteiger partial charge in [0.25, 0.3) is 0 Å². The van der Waals surface area contributed by atoms with Gasteiger partial charge in [-0.05, 0) is 13.0 Å². The second kappa shape index (κ2) is 4.89. The van der Waals surface area contributed by atoms with Crippen LogP contribution in [0.5, 0.6) is 0 Å². The van der Waals surface area contributed by atoms with Gasteiger partial charge in [-0.1, -0.05) is 0 Å². The van der Waals surface area contributed by atoms with Crippen molar-refractivity contribution in [3.63, 3.8) is 0 Å². The maximum Gasteiger partial charge on any atom is 0.378 e. The molecule has 0 amide bonds. The highest BCUT2D eigenvalue weighted by molar-refractivity contribution is 6.10. The van der Waals surface area contributed by atoms with Crippen LogP contribution in [-0.4, -0.2) is 24.8 Å². The molecule has 1 aromatic heterocycles. The Morgan fingerprint density at radius 1 is 1.45 bits per heavy atom. The van der Waals surface area contributed by atoms with E-state index in [1.54, 1.807) is 0 Å². The number of alkyl halides is 1. The largest absolute Gasteiger partial charge is 0.540 e. The molecule has 1 fully saturated rings. The molecule has 2 atom stereocenters. The highest BCUT2D eigenvalue weighted by atomic mass is 19.2. The molecule has 1 saturated carbocycles. The van der Waals surface area contributed by atoms with E-state index in [2.05, 4.69) is 4.65 Å². The van der Waals surface area contributed by atoms with Gasteiger partial charge in [-0.25, -0.2) is 18.0 Å². The number of aromatic nitrogens is 1. The Hall–Kier alpha value is -2.25. The number of rotatable bonds is 2. The van der Waals surface area contributed by atoms with Crippen LogP contribution in [-0.2, 0) is 4.65 Å². The van der Waals surface area contributed by atoms with Crippen molar-refractivity contribution >= 4 is 24.9 Å². The third kappa shape index (κ3) is 2.01. The van der Waals surface area contributed by atoms with Crippen LogP contribution in [0, 0.1) is 18.6 Å². The van der Waals surface area contributed by atoms with E-state index in [9.17, 15) is 22.8 Å². The van der Waals surface area contributed by atoms with Crippen LogP contribution in [0.4, 0.5) is 13.2 Å². The molecule has 1 heterocycles. The van der Waals surface area contributed by atoms with Gasteiger partial charge in [-0.2, -0.15) is 0 Å². The second-order valence-corrected chi connectivity index (χ2v) is 5.20. The van der Waals surface area contributed by atoms with Crippen molar-refractivity contribution in [2.75, 3.05) is 0 Å². The summed E-state index contributed by atoms with van der Waals surface area (Å²) in [7, 11) is 4.76. The molecule has 1 unspecified atom stereocenters. The van der Waals surface area contributed by atoms with Crippen LogP contribution in [0.2, 0.25) is 0 Å². The first kappa shape index (κ1) is 14.7. The number of nitrogens with zero attached hydrogens (tertiary/aromatic N) is 1. The minimum absolute atomic E-state index is 0.0580. The van der Waals surface area contributed by atoms with E-state index in [-0.39, 0.29) is 22.9 Å². The van der Waals surface area contributed by atoms with Crippen molar-refractivity contribution in [1.82, 2.24) is 4.57 Å². The molecule has 1 aromatic carbocycles. The third-order valence-electron chi connectivity index (χ3n) is 3.80. The smallest absolute Gasteiger partial charge is 0.378 e. The van der Waals surface area contributed by atoms with Crippen molar-refractivity contribution in [2.45, 2.75) is 25.6 Å². The number of aryl methyl sites for hydroxylation is 1. The maximum absolute atomic E-state index is 13.8. The molecule has 22 heavy (non-hydrogen) atoms. The van der Waals surface area contributed by atoms with E-state index >= 15 is 0 Å². The average molecular weight is 307 g/mol. The predicted molar refractivity (Wildman–Crippen MR) is 72.6 cm³/mol. The molecule has 0 aliphatic heterocycles. The van der Waals surface area contributed by atoms with Crippen LogP contribution in [0.1, 0.15) is 28.4 Å². The maximum atomic E-state index is 13.8. The van der Waals surface area contributed by atoms with Gasteiger partial charge in [0, 0.05) is 23.6 Å². The number of hydrogen-bond acceptors (Lipinski definition) is 3. The lowest BCUT2D eigenvalue weighted by molar-refractivity contribution is 0.0747. The number of carbonyl (C=O) groups excluding carboxylic acids is 1. The van der Waals surface area contributed by atoms with Crippen molar-refractivity contribution in [2.24, 2.45) is 0 Å². The molecule has 0 bridgehead atoms. The van der Waals surface area contributed by atoms with Crippen molar-refractivity contribution in [3.8, 4) is 0 Å². The normalized spacial score (nSPS) is 20.2. The molecule has 1 aliphatic carbocycles. The molecule has 112 valence electrons. The Bertz CT molecular complexity index is 865. The number of benzene rings is 1. The third-order valence-corrected chi connectivity index (χ3v) is 3.80. The Morgan fingerprint density at radius 2 is 2.09 bits per heavy atom. The fourth-order valence-electron chi connectivity index (χ4n) is 2.57. The molecule has 0 spiro atoms. The predicted octanol–water partition coefficient (Wildman–Crippen LogP) is 2.11. The lowest BCUT2D eigenvalue weighted by atomic mass is 10.1. The minimum atomic E-state index is -1.22. The van der Waals surface area contributed by atoms with Crippen LogP contribution in [0.25, 0.3) is 10.9 Å². The first-order chi connectivity index (χ1) is 10.4. The molecule has 1 aliphatic rings. The minimum Gasteiger partial charge on any atom is -0.540 e. The van der Waals surface area contributed by atoms with Crippen molar-refractivity contribution in [1.29, 1.82) is 0 Å². The molecule has 2 aromatic rings. The van der Waals surface area contributed by atoms with Crippen LogP contribution >= 0.6 is 0 Å². The monoisotopic (exact) mass is 307 g/mol. The molecular weight excluding hydrogens is 298 g/mol.